The second-order valence-electron chi connectivity index (χ2n) is 5.75. The van der Waals surface area contributed by atoms with E-state index in [0.29, 0.717) is 0 Å². The zero-order valence-electron chi connectivity index (χ0n) is 13.8. The Morgan fingerprint density at radius 2 is 1.86 bits per heavy atom. The second-order valence-corrected chi connectivity index (χ2v) is 6.82. The van der Waals surface area contributed by atoms with E-state index in [1.807, 2.05) is 25.1 Å². The summed E-state index contributed by atoms with van der Waals surface area (Å²) in [6.07, 6.45) is 0.735. The first-order valence-corrected chi connectivity index (χ1v) is 8.34. The first-order chi connectivity index (χ1) is 10.5. The highest BCUT2D eigenvalue weighted by molar-refractivity contribution is 7.15. The third-order valence-electron chi connectivity index (χ3n) is 3.78. The first-order valence-electron chi connectivity index (χ1n) is 7.52. The number of aryl methyl sites for hydroxylation is 1. The summed E-state index contributed by atoms with van der Waals surface area (Å²) in [6.45, 7) is 3.10. The number of nitrogens with zero attached hydrogens (tertiary/aromatic N) is 3. The maximum atomic E-state index is 9.40. The molecule has 1 unspecified atom stereocenters. The van der Waals surface area contributed by atoms with Gasteiger partial charge < -0.3 is 10.0 Å². The van der Waals surface area contributed by atoms with Gasteiger partial charge in [0.05, 0.1) is 5.69 Å². The minimum atomic E-state index is 0.189. The predicted octanol–water partition coefficient (Wildman–Crippen LogP) is 3.07. The van der Waals surface area contributed by atoms with Gasteiger partial charge in [0.1, 0.15) is 0 Å². The molecule has 22 heavy (non-hydrogen) atoms. The van der Waals surface area contributed by atoms with Gasteiger partial charge in [0.2, 0.25) is 0 Å². The fourth-order valence-corrected chi connectivity index (χ4v) is 3.57. The van der Waals surface area contributed by atoms with Crippen LogP contribution >= 0.6 is 11.3 Å². The van der Waals surface area contributed by atoms with Gasteiger partial charge in [0.15, 0.2) is 5.13 Å². The van der Waals surface area contributed by atoms with Gasteiger partial charge in [-0.25, -0.2) is 4.98 Å². The van der Waals surface area contributed by atoms with Gasteiger partial charge in [-0.3, -0.25) is 4.90 Å². The zero-order chi connectivity index (χ0) is 16.1. The normalized spacial score (nSPS) is 12.6. The molecule has 1 aromatic carbocycles. The minimum Gasteiger partial charge on any atom is -0.396 e. The van der Waals surface area contributed by atoms with Crippen LogP contribution in [0, 0.1) is 6.92 Å². The van der Waals surface area contributed by atoms with Crippen molar-refractivity contribution in [2.24, 2.45) is 0 Å². The van der Waals surface area contributed by atoms with Crippen LogP contribution in [0.5, 0.6) is 0 Å². The van der Waals surface area contributed by atoms with Gasteiger partial charge in [-0.1, -0.05) is 30.3 Å². The summed E-state index contributed by atoms with van der Waals surface area (Å²) in [6, 6.07) is 10.6. The first kappa shape index (κ1) is 16.9. The van der Waals surface area contributed by atoms with Crippen LogP contribution in [0.4, 0.5) is 5.13 Å². The summed E-state index contributed by atoms with van der Waals surface area (Å²) in [7, 11) is 6.15. The SMILES string of the molecule is Cc1nc(N(C)C)sc1CN(C)C(CCO)c1ccccc1. The fraction of sp³-hybridized carbons (Fsp3) is 0.471. The van der Waals surface area contributed by atoms with Gasteiger partial charge in [-0.15, -0.1) is 11.3 Å². The van der Waals surface area contributed by atoms with Crippen LogP contribution in [-0.2, 0) is 6.54 Å². The molecule has 0 aliphatic heterocycles. The van der Waals surface area contributed by atoms with Gasteiger partial charge in [-0.05, 0) is 26.0 Å². The van der Waals surface area contributed by atoms with E-state index in [-0.39, 0.29) is 12.6 Å². The maximum Gasteiger partial charge on any atom is 0.185 e. The third-order valence-corrected chi connectivity index (χ3v) is 5.09. The molecule has 0 saturated heterocycles. The average Bonchev–Trinajstić information content (AvgIpc) is 2.87. The largest absolute Gasteiger partial charge is 0.396 e. The van der Waals surface area contributed by atoms with E-state index < -0.39 is 0 Å². The van der Waals surface area contributed by atoms with Crippen molar-refractivity contribution in [1.29, 1.82) is 0 Å². The number of aliphatic hydroxyl groups excluding tert-OH is 1. The molecule has 0 spiro atoms. The van der Waals surface area contributed by atoms with E-state index in [1.54, 1.807) is 11.3 Å². The molecule has 5 heteroatoms. The summed E-state index contributed by atoms with van der Waals surface area (Å²) in [5.41, 5.74) is 2.34. The Bertz CT molecular complexity index is 583. The summed E-state index contributed by atoms with van der Waals surface area (Å²) in [4.78, 5) is 10.2. The van der Waals surface area contributed by atoms with Gasteiger partial charge in [0.25, 0.3) is 0 Å². The molecule has 1 atom stereocenters. The van der Waals surface area contributed by atoms with E-state index in [1.165, 1.54) is 10.4 Å². The smallest absolute Gasteiger partial charge is 0.185 e. The Morgan fingerprint density at radius 1 is 1.18 bits per heavy atom. The van der Waals surface area contributed by atoms with Crippen LogP contribution in [0.25, 0.3) is 0 Å². The Morgan fingerprint density at radius 3 is 2.41 bits per heavy atom. The van der Waals surface area contributed by atoms with Crippen LogP contribution in [0.1, 0.15) is 28.6 Å². The van der Waals surface area contributed by atoms with Crippen LogP contribution < -0.4 is 4.90 Å². The van der Waals surface area contributed by atoms with Crippen molar-refractivity contribution in [3.05, 3.63) is 46.5 Å². The average molecular weight is 319 g/mol. The lowest BCUT2D eigenvalue weighted by Crippen LogP contribution is -2.25. The number of hydrogen-bond donors (Lipinski definition) is 1. The van der Waals surface area contributed by atoms with Crippen LogP contribution in [0.3, 0.4) is 0 Å². The number of aliphatic hydroxyl groups is 1. The molecule has 0 amide bonds. The lowest BCUT2D eigenvalue weighted by atomic mass is 10.0. The van der Waals surface area contributed by atoms with Crippen molar-refractivity contribution < 1.29 is 5.11 Å². The molecule has 1 N–H and O–H groups in total. The molecule has 0 bridgehead atoms. The van der Waals surface area contributed by atoms with Gasteiger partial charge in [0, 0.05) is 38.2 Å². The maximum absolute atomic E-state index is 9.40. The zero-order valence-corrected chi connectivity index (χ0v) is 14.6. The van der Waals surface area contributed by atoms with Crippen molar-refractivity contribution >= 4 is 16.5 Å². The molecule has 4 nitrogen and oxygen atoms in total. The molecule has 0 aliphatic carbocycles. The topological polar surface area (TPSA) is 39.6 Å². The second kappa shape index (κ2) is 7.72. The number of aromatic nitrogens is 1. The Labute approximate surface area is 137 Å². The van der Waals surface area contributed by atoms with E-state index in [4.69, 9.17) is 0 Å². The number of benzene rings is 1. The highest BCUT2D eigenvalue weighted by Crippen LogP contribution is 2.29. The van der Waals surface area contributed by atoms with Gasteiger partial charge >= 0.3 is 0 Å². The lowest BCUT2D eigenvalue weighted by molar-refractivity contribution is 0.181. The van der Waals surface area contributed by atoms with Crippen LogP contribution in [0.2, 0.25) is 0 Å². The van der Waals surface area contributed by atoms with E-state index in [9.17, 15) is 5.11 Å². The minimum absolute atomic E-state index is 0.189. The van der Waals surface area contributed by atoms with Crippen molar-refractivity contribution in [1.82, 2.24) is 9.88 Å². The molecular weight excluding hydrogens is 294 g/mol. The van der Waals surface area contributed by atoms with E-state index >= 15 is 0 Å². The monoisotopic (exact) mass is 319 g/mol. The predicted molar refractivity (Wildman–Crippen MR) is 93.5 cm³/mol. The fourth-order valence-electron chi connectivity index (χ4n) is 2.53. The Kier molecular flexibility index (Phi) is 5.94. The summed E-state index contributed by atoms with van der Waals surface area (Å²) >= 11 is 1.74. The Balaban J connectivity index is 2.16. The van der Waals surface area contributed by atoms with E-state index in [2.05, 4.69) is 48.1 Å². The number of anilines is 1. The van der Waals surface area contributed by atoms with E-state index in [0.717, 1.165) is 23.8 Å². The standard InChI is InChI=1S/C17H25N3OS/c1-13-16(22-17(18-13)19(2)3)12-20(4)15(10-11-21)14-8-6-5-7-9-14/h5-9,15,21H,10-12H2,1-4H3. The molecule has 1 aromatic heterocycles. The lowest BCUT2D eigenvalue weighted by Gasteiger charge is -2.27. The number of hydrogen-bond acceptors (Lipinski definition) is 5. The highest BCUT2D eigenvalue weighted by Gasteiger charge is 2.19. The Hall–Kier alpha value is -1.43. The van der Waals surface area contributed by atoms with Crippen molar-refractivity contribution in [3.63, 3.8) is 0 Å². The molecule has 2 rings (SSSR count). The molecule has 0 radical (unpaired) electrons. The molecule has 1 heterocycles. The molecule has 0 saturated carbocycles. The number of thiazole rings is 1. The molecule has 0 aliphatic rings. The van der Waals surface area contributed by atoms with Crippen LogP contribution in [-0.4, -0.2) is 42.7 Å². The van der Waals surface area contributed by atoms with Crippen molar-refractivity contribution in [2.45, 2.75) is 25.9 Å². The molecule has 0 fully saturated rings. The number of rotatable bonds is 7. The van der Waals surface area contributed by atoms with Gasteiger partial charge in [-0.2, -0.15) is 0 Å². The summed E-state index contributed by atoms with van der Waals surface area (Å²) < 4.78 is 0. The van der Waals surface area contributed by atoms with Crippen molar-refractivity contribution in [2.75, 3.05) is 32.6 Å². The molecule has 2 aromatic rings. The third kappa shape index (κ3) is 4.06. The summed E-state index contributed by atoms with van der Waals surface area (Å²) in [5, 5.41) is 10.4. The van der Waals surface area contributed by atoms with Crippen LogP contribution in [0.15, 0.2) is 30.3 Å². The highest BCUT2D eigenvalue weighted by atomic mass is 32.1. The quantitative estimate of drug-likeness (QED) is 0.851. The summed E-state index contributed by atoms with van der Waals surface area (Å²) in [5.74, 6) is 0. The molecule has 120 valence electrons. The molecular formula is C17H25N3OS. The van der Waals surface area contributed by atoms with Crippen molar-refractivity contribution in [3.8, 4) is 0 Å².